The van der Waals surface area contributed by atoms with Gasteiger partial charge in [-0.05, 0) is 25.3 Å². The molecular formula is C40H74Na2O6. The Hall–Kier alpha value is 0.150. The van der Waals surface area contributed by atoms with Gasteiger partial charge in [0, 0.05) is 12.0 Å². The van der Waals surface area contributed by atoms with Crippen molar-refractivity contribution >= 4 is 17.9 Å². The van der Waals surface area contributed by atoms with Gasteiger partial charge in [-0.2, -0.15) is 0 Å². The molecule has 0 aromatic heterocycles. The zero-order valence-electron chi connectivity index (χ0n) is 32.4. The summed E-state index contributed by atoms with van der Waals surface area (Å²) in [5.74, 6) is -2.90. The SMILES string of the molecule is CCCCCCCCCCCCCCCCCC(=O)[O-].CCCCCCCCCCCCCCCCCCOC(=O)/C=C/C(=O)[O-].[Na+].[Na+]. The predicted molar refractivity (Wildman–Crippen MR) is 189 cm³/mol. The van der Waals surface area contributed by atoms with Crippen molar-refractivity contribution in [2.45, 2.75) is 219 Å². The van der Waals surface area contributed by atoms with E-state index in [2.05, 4.69) is 13.8 Å². The Bertz CT molecular complexity index is 687. The second kappa shape index (κ2) is 49.3. The average Bonchev–Trinajstić information content (AvgIpc) is 3.03. The maximum atomic E-state index is 11.1. The summed E-state index contributed by atoms with van der Waals surface area (Å²) < 4.78 is 4.89. The topological polar surface area (TPSA) is 107 Å². The first-order valence-corrected chi connectivity index (χ1v) is 19.7. The molecule has 0 aliphatic carbocycles. The van der Waals surface area contributed by atoms with E-state index < -0.39 is 17.9 Å². The van der Waals surface area contributed by atoms with Gasteiger partial charge in [-0.25, -0.2) is 4.79 Å². The normalized spacial score (nSPS) is 10.5. The summed E-state index contributed by atoms with van der Waals surface area (Å²) in [6.45, 7) is 4.89. The van der Waals surface area contributed by atoms with Gasteiger partial charge in [-0.15, -0.1) is 0 Å². The molecule has 0 saturated carbocycles. The number of esters is 1. The summed E-state index contributed by atoms with van der Waals surface area (Å²) in [5.41, 5.74) is 0. The summed E-state index contributed by atoms with van der Waals surface area (Å²) in [5, 5.41) is 20.4. The molecular weight excluding hydrogens is 622 g/mol. The molecule has 0 fully saturated rings. The third-order valence-corrected chi connectivity index (χ3v) is 8.58. The van der Waals surface area contributed by atoms with E-state index in [1.807, 2.05) is 0 Å². The van der Waals surface area contributed by atoms with Crippen LogP contribution in [0.3, 0.4) is 0 Å². The molecule has 272 valence electrons. The quantitative estimate of drug-likeness (QED) is 0.0428. The molecule has 6 nitrogen and oxygen atoms in total. The molecule has 0 unspecified atom stereocenters. The molecule has 0 amide bonds. The van der Waals surface area contributed by atoms with E-state index in [1.54, 1.807) is 0 Å². The zero-order chi connectivity index (χ0) is 34.2. The molecule has 0 saturated heterocycles. The molecule has 8 heteroatoms. The molecule has 0 radical (unpaired) electrons. The van der Waals surface area contributed by atoms with Gasteiger partial charge in [0.25, 0.3) is 0 Å². The monoisotopic (exact) mass is 697 g/mol. The smallest absolute Gasteiger partial charge is 0.550 e. The van der Waals surface area contributed by atoms with Crippen molar-refractivity contribution in [2.24, 2.45) is 0 Å². The van der Waals surface area contributed by atoms with Crippen LogP contribution in [0.1, 0.15) is 219 Å². The van der Waals surface area contributed by atoms with Crippen molar-refractivity contribution < 1.29 is 88.4 Å². The van der Waals surface area contributed by atoms with E-state index in [-0.39, 0.29) is 65.5 Å². The van der Waals surface area contributed by atoms with Crippen LogP contribution >= 0.6 is 0 Å². The van der Waals surface area contributed by atoms with Crippen molar-refractivity contribution in [2.75, 3.05) is 6.61 Å². The van der Waals surface area contributed by atoms with Crippen LogP contribution in [0.25, 0.3) is 0 Å². The standard InChI is InChI=1S/C22H40O4.C18H36O2.2Na/c1-2-3-4-5-6-7-8-9-10-11-12-13-14-15-16-17-20-26-22(25)19-18-21(23)24;1-2-3-4-5-6-7-8-9-10-11-12-13-14-15-16-17-18(19)20;;/h18-19H,2-17,20H2,1H3,(H,23,24);2-17H2,1H3,(H,19,20);;/q;;2*+1/p-2/b19-18+;;;. The van der Waals surface area contributed by atoms with E-state index >= 15 is 0 Å². The molecule has 0 bridgehead atoms. The fraction of sp³-hybridized carbons (Fsp3) is 0.875. The van der Waals surface area contributed by atoms with Crippen molar-refractivity contribution in [3.05, 3.63) is 12.2 Å². The molecule has 0 heterocycles. The van der Waals surface area contributed by atoms with Gasteiger partial charge >= 0.3 is 65.1 Å². The maximum Gasteiger partial charge on any atom is 1.00 e. The summed E-state index contributed by atoms with van der Waals surface area (Å²) in [7, 11) is 0. The Balaban J connectivity index is -0.000000399. The van der Waals surface area contributed by atoms with Crippen LogP contribution in [0.2, 0.25) is 0 Å². The van der Waals surface area contributed by atoms with E-state index in [9.17, 15) is 24.6 Å². The first kappa shape index (κ1) is 54.9. The Kier molecular flexibility index (Phi) is 56.4. The Labute approximate surface area is 341 Å². The molecule has 48 heavy (non-hydrogen) atoms. The van der Waals surface area contributed by atoms with Crippen LogP contribution in [-0.2, 0) is 19.1 Å². The van der Waals surface area contributed by atoms with Gasteiger partial charge in [0.1, 0.15) is 0 Å². The van der Waals surface area contributed by atoms with E-state index in [4.69, 9.17) is 4.74 Å². The van der Waals surface area contributed by atoms with Crippen LogP contribution in [0.15, 0.2) is 12.2 Å². The number of aliphatic carboxylic acids is 2. The predicted octanol–water partition coefficient (Wildman–Crippen LogP) is 4.10. The molecule has 0 rings (SSSR count). The number of rotatable bonds is 35. The number of ether oxygens (including phenoxy) is 1. The van der Waals surface area contributed by atoms with E-state index in [0.29, 0.717) is 12.7 Å². The van der Waals surface area contributed by atoms with E-state index in [0.717, 1.165) is 31.8 Å². The van der Waals surface area contributed by atoms with Crippen LogP contribution < -0.4 is 69.3 Å². The van der Waals surface area contributed by atoms with Crippen molar-refractivity contribution in [3.63, 3.8) is 0 Å². The number of carboxylic acid groups (broad SMARTS) is 2. The number of carbonyl (C=O) groups is 3. The zero-order valence-corrected chi connectivity index (χ0v) is 36.4. The summed E-state index contributed by atoms with van der Waals surface area (Å²) in [4.78, 5) is 31.5. The molecule has 0 atom stereocenters. The van der Waals surface area contributed by atoms with Crippen LogP contribution in [0.5, 0.6) is 0 Å². The minimum atomic E-state index is -1.38. The van der Waals surface area contributed by atoms with Gasteiger partial charge in [0.15, 0.2) is 0 Å². The molecule has 0 aromatic rings. The van der Waals surface area contributed by atoms with Crippen molar-refractivity contribution in [1.29, 1.82) is 0 Å². The van der Waals surface area contributed by atoms with Gasteiger partial charge in [0.05, 0.1) is 12.6 Å². The van der Waals surface area contributed by atoms with E-state index in [1.165, 1.54) is 173 Å². The minimum Gasteiger partial charge on any atom is -0.550 e. The second-order valence-corrected chi connectivity index (χ2v) is 13.2. The Morgan fingerprint density at radius 2 is 0.688 bits per heavy atom. The third kappa shape index (κ3) is 55.6. The van der Waals surface area contributed by atoms with Gasteiger partial charge in [-0.3, -0.25) is 0 Å². The average molecular weight is 697 g/mol. The summed E-state index contributed by atoms with van der Waals surface area (Å²) in [6.07, 6.45) is 42.3. The number of hydrogen-bond donors (Lipinski definition) is 0. The Morgan fingerprint density at radius 1 is 0.417 bits per heavy atom. The fourth-order valence-corrected chi connectivity index (χ4v) is 5.65. The molecule has 0 aliphatic heterocycles. The van der Waals surface area contributed by atoms with Crippen molar-refractivity contribution in [1.82, 2.24) is 0 Å². The first-order valence-electron chi connectivity index (χ1n) is 19.7. The first-order chi connectivity index (χ1) is 22.4. The van der Waals surface area contributed by atoms with Gasteiger partial charge in [-0.1, -0.05) is 200 Å². The largest absolute Gasteiger partial charge is 1.00 e. The van der Waals surface area contributed by atoms with Gasteiger partial charge < -0.3 is 24.5 Å². The fourth-order valence-electron chi connectivity index (χ4n) is 5.65. The molecule has 0 aromatic carbocycles. The number of unbranched alkanes of at least 4 members (excludes halogenated alkanes) is 29. The van der Waals surface area contributed by atoms with Crippen molar-refractivity contribution in [3.8, 4) is 0 Å². The Morgan fingerprint density at radius 3 is 0.958 bits per heavy atom. The second-order valence-electron chi connectivity index (χ2n) is 13.2. The molecule has 0 aliphatic rings. The number of carboxylic acids is 2. The van der Waals surface area contributed by atoms with Crippen LogP contribution in [-0.4, -0.2) is 24.5 Å². The summed E-state index contributed by atoms with van der Waals surface area (Å²) >= 11 is 0. The third-order valence-electron chi connectivity index (χ3n) is 8.58. The minimum absolute atomic E-state index is 0. The molecule has 0 spiro atoms. The van der Waals surface area contributed by atoms with Crippen LogP contribution in [0, 0.1) is 0 Å². The summed E-state index contributed by atoms with van der Waals surface area (Å²) in [6, 6.07) is 0. The number of carbonyl (C=O) groups excluding carboxylic acids is 3. The van der Waals surface area contributed by atoms with Crippen LogP contribution in [0.4, 0.5) is 0 Å². The van der Waals surface area contributed by atoms with Gasteiger partial charge in [0.2, 0.25) is 0 Å². The maximum absolute atomic E-state index is 11.1. The number of hydrogen-bond acceptors (Lipinski definition) is 6. The molecule has 0 N–H and O–H groups in total.